The minimum Gasteiger partial charge on any atom is -0.481 e. The fourth-order valence-corrected chi connectivity index (χ4v) is 1.22. The molecule has 0 aromatic carbocycles. The monoisotopic (exact) mass is 230 g/mol. The van der Waals surface area contributed by atoms with Gasteiger partial charge in [-0.25, -0.2) is 4.79 Å². The quantitative estimate of drug-likeness (QED) is 0.621. The standard InChI is InChI=1S/C11H22N2O3/c1-4-9(7-10(14)15)13-11(16)12-6-5-8(2)3/h8-9H,4-7H2,1-3H3,(H,14,15)(H2,12,13,16). The smallest absolute Gasteiger partial charge is 0.315 e. The fourth-order valence-electron chi connectivity index (χ4n) is 1.22. The molecular formula is C11H22N2O3. The van der Waals surface area contributed by atoms with Crippen molar-refractivity contribution in [2.24, 2.45) is 5.92 Å². The van der Waals surface area contributed by atoms with E-state index in [1.165, 1.54) is 0 Å². The van der Waals surface area contributed by atoms with Crippen LogP contribution in [0.15, 0.2) is 0 Å². The molecule has 0 spiro atoms. The number of urea groups is 1. The summed E-state index contributed by atoms with van der Waals surface area (Å²) in [5.41, 5.74) is 0. The van der Waals surface area contributed by atoms with Crippen LogP contribution in [-0.4, -0.2) is 29.7 Å². The van der Waals surface area contributed by atoms with E-state index in [0.29, 0.717) is 18.9 Å². The third-order valence-corrected chi connectivity index (χ3v) is 2.26. The highest BCUT2D eigenvalue weighted by Crippen LogP contribution is 1.98. The van der Waals surface area contributed by atoms with Crippen molar-refractivity contribution >= 4 is 12.0 Å². The van der Waals surface area contributed by atoms with Crippen molar-refractivity contribution in [3.63, 3.8) is 0 Å². The molecule has 0 heterocycles. The molecule has 16 heavy (non-hydrogen) atoms. The van der Waals surface area contributed by atoms with Crippen LogP contribution in [0.2, 0.25) is 0 Å². The number of rotatable bonds is 7. The Morgan fingerprint density at radius 2 is 1.94 bits per heavy atom. The Balaban J connectivity index is 3.78. The lowest BCUT2D eigenvalue weighted by molar-refractivity contribution is -0.137. The van der Waals surface area contributed by atoms with E-state index in [1.807, 2.05) is 6.92 Å². The van der Waals surface area contributed by atoms with Crippen molar-refractivity contribution in [2.45, 2.75) is 46.1 Å². The van der Waals surface area contributed by atoms with Crippen LogP contribution in [0.5, 0.6) is 0 Å². The van der Waals surface area contributed by atoms with E-state index in [-0.39, 0.29) is 18.5 Å². The lowest BCUT2D eigenvalue weighted by atomic mass is 10.1. The molecule has 5 heteroatoms. The molecule has 3 N–H and O–H groups in total. The van der Waals surface area contributed by atoms with E-state index in [1.54, 1.807) is 0 Å². The number of carbonyl (C=O) groups excluding carboxylic acids is 1. The summed E-state index contributed by atoms with van der Waals surface area (Å²) < 4.78 is 0. The van der Waals surface area contributed by atoms with Gasteiger partial charge in [-0.3, -0.25) is 4.79 Å². The number of carbonyl (C=O) groups is 2. The first kappa shape index (κ1) is 14.7. The van der Waals surface area contributed by atoms with E-state index in [2.05, 4.69) is 24.5 Å². The average Bonchev–Trinajstić information content (AvgIpc) is 2.15. The maximum absolute atomic E-state index is 11.4. The molecule has 1 unspecified atom stereocenters. The average molecular weight is 230 g/mol. The lowest BCUT2D eigenvalue weighted by Gasteiger charge is -2.15. The van der Waals surface area contributed by atoms with E-state index in [4.69, 9.17) is 5.11 Å². The highest BCUT2D eigenvalue weighted by molar-refractivity contribution is 5.75. The van der Waals surface area contributed by atoms with Gasteiger partial charge in [-0.1, -0.05) is 20.8 Å². The molecule has 0 fully saturated rings. The molecule has 0 aromatic heterocycles. The van der Waals surface area contributed by atoms with E-state index in [0.717, 1.165) is 6.42 Å². The summed E-state index contributed by atoms with van der Waals surface area (Å²) in [5, 5.41) is 14.0. The van der Waals surface area contributed by atoms with E-state index < -0.39 is 5.97 Å². The molecule has 94 valence electrons. The summed E-state index contributed by atoms with van der Waals surface area (Å²) in [7, 11) is 0. The van der Waals surface area contributed by atoms with Gasteiger partial charge >= 0.3 is 12.0 Å². The molecule has 0 aliphatic heterocycles. The van der Waals surface area contributed by atoms with Gasteiger partial charge in [-0.2, -0.15) is 0 Å². The SMILES string of the molecule is CCC(CC(=O)O)NC(=O)NCCC(C)C. The summed E-state index contributed by atoms with van der Waals surface area (Å²) in [6.45, 7) is 6.63. The Labute approximate surface area is 96.6 Å². The number of nitrogens with one attached hydrogen (secondary N) is 2. The zero-order chi connectivity index (χ0) is 12.6. The van der Waals surface area contributed by atoms with Gasteiger partial charge in [0.15, 0.2) is 0 Å². The fraction of sp³-hybridized carbons (Fsp3) is 0.818. The normalized spacial score (nSPS) is 12.2. The van der Waals surface area contributed by atoms with Crippen LogP contribution in [0.3, 0.4) is 0 Å². The highest BCUT2D eigenvalue weighted by Gasteiger charge is 2.13. The number of carboxylic acids is 1. The van der Waals surface area contributed by atoms with Crippen LogP contribution >= 0.6 is 0 Å². The second kappa shape index (κ2) is 7.96. The third kappa shape index (κ3) is 8.08. The van der Waals surface area contributed by atoms with E-state index in [9.17, 15) is 9.59 Å². The lowest BCUT2D eigenvalue weighted by Crippen LogP contribution is -2.43. The van der Waals surface area contributed by atoms with E-state index >= 15 is 0 Å². The summed E-state index contributed by atoms with van der Waals surface area (Å²) in [6.07, 6.45) is 1.50. The molecule has 2 amide bonds. The first-order chi connectivity index (χ1) is 7.45. The molecule has 0 aromatic rings. The van der Waals surface area contributed by atoms with Crippen molar-refractivity contribution < 1.29 is 14.7 Å². The Morgan fingerprint density at radius 1 is 1.31 bits per heavy atom. The Bertz CT molecular complexity index is 229. The van der Waals surface area contributed by atoms with Crippen molar-refractivity contribution in [1.82, 2.24) is 10.6 Å². The molecule has 0 bridgehead atoms. The maximum Gasteiger partial charge on any atom is 0.315 e. The predicted octanol–water partition coefficient (Wildman–Crippen LogP) is 1.58. The van der Waals surface area contributed by atoms with Gasteiger partial charge in [0.2, 0.25) is 0 Å². The molecule has 0 saturated heterocycles. The number of hydrogen-bond donors (Lipinski definition) is 3. The third-order valence-electron chi connectivity index (χ3n) is 2.26. The van der Waals surface area contributed by atoms with Gasteiger partial charge in [0.1, 0.15) is 0 Å². The molecule has 0 aliphatic rings. The predicted molar refractivity (Wildman–Crippen MR) is 62.3 cm³/mol. The van der Waals surface area contributed by atoms with Crippen molar-refractivity contribution in [3.05, 3.63) is 0 Å². The topological polar surface area (TPSA) is 78.4 Å². The number of aliphatic carboxylic acids is 1. The highest BCUT2D eigenvalue weighted by atomic mass is 16.4. The van der Waals surface area contributed by atoms with Gasteiger partial charge in [0.25, 0.3) is 0 Å². The van der Waals surface area contributed by atoms with Gasteiger partial charge < -0.3 is 15.7 Å². The van der Waals surface area contributed by atoms with Crippen molar-refractivity contribution in [3.8, 4) is 0 Å². The second-order valence-corrected chi connectivity index (χ2v) is 4.29. The maximum atomic E-state index is 11.4. The van der Waals surface area contributed by atoms with Crippen molar-refractivity contribution in [1.29, 1.82) is 0 Å². The van der Waals surface area contributed by atoms with Gasteiger partial charge in [0, 0.05) is 12.6 Å². The van der Waals surface area contributed by atoms with Crippen LogP contribution in [0, 0.1) is 5.92 Å². The molecule has 5 nitrogen and oxygen atoms in total. The molecule has 1 atom stereocenters. The minimum atomic E-state index is -0.894. The summed E-state index contributed by atoms with van der Waals surface area (Å²) in [5.74, 6) is -0.351. The number of hydrogen-bond acceptors (Lipinski definition) is 2. The molecule has 0 aliphatic carbocycles. The molecule has 0 saturated carbocycles. The first-order valence-electron chi connectivity index (χ1n) is 5.71. The van der Waals surface area contributed by atoms with Crippen LogP contribution in [0.4, 0.5) is 4.79 Å². The van der Waals surface area contributed by atoms with Crippen LogP contribution in [0.25, 0.3) is 0 Å². The van der Waals surface area contributed by atoms with Crippen LogP contribution in [0.1, 0.15) is 40.0 Å². The van der Waals surface area contributed by atoms with Crippen LogP contribution < -0.4 is 10.6 Å². The minimum absolute atomic E-state index is 0.0336. The Hall–Kier alpha value is -1.26. The van der Waals surface area contributed by atoms with Crippen molar-refractivity contribution in [2.75, 3.05) is 6.54 Å². The Kier molecular flexibility index (Phi) is 7.33. The van der Waals surface area contributed by atoms with Crippen LogP contribution in [-0.2, 0) is 4.79 Å². The molecule has 0 radical (unpaired) electrons. The van der Waals surface area contributed by atoms with Gasteiger partial charge in [-0.05, 0) is 18.8 Å². The summed E-state index contributed by atoms with van der Waals surface area (Å²) in [6, 6.07) is -0.578. The van der Waals surface area contributed by atoms with Gasteiger partial charge in [0.05, 0.1) is 6.42 Å². The zero-order valence-corrected chi connectivity index (χ0v) is 10.2. The zero-order valence-electron chi connectivity index (χ0n) is 10.2. The Morgan fingerprint density at radius 3 is 2.38 bits per heavy atom. The number of carboxylic acid groups (broad SMARTS) is 1. The number of amides is 2. The summed E-state index contributed by atoms with van der Waals surface area (Å²) >= 11 is 0. The second-order valence-electron chi connectivity index (χ2n) is 4.29. The van der Waals surface area contributed by atoms with Gasteiger partial charge in [-0.15, -0.1) is 0 Å². The largest absolute Gasteiger partial charge is 0.481 e. The first-order valence-corrected chi connectivity index (χ1v) is 5.71. The molecular weight excluding hydrogens is 208 g/mol. The summed E-state index contributed by atoms with van der Waals surface area (Å²) in [4.78, 5) is 21.8. The molecule has 0 rings (SSSR count).